The molecular formula is C16H25NO5. The van der Waals surface area contributed by atoms with Gasteiger partial charge in [-0.25, -0.2) is 4.79 Å². The Labute approximate surface area is 131 Å². The van der Waals surface area contributed by atoms with Gasteiger partial charge in [-0.2, -0.15) is 0 Å². The van der Waals surface area contributed by atoms with Crippen molar-refractivity contribution >= 4 is 17.8 Å². The number of ketones is 1. The topological polar surface area (TPSA) is 72.9 Å². The highest BCUT2D eigenvalue weighted by Crippen LogP contribution is 2.37. The number of hydrogen-bond acceptors (Lipinski definition) is 5. The molecule has 3 atom stereocenters. The van der Waals surface area contributed by atoms with Crippen molar-refractivity contribution in [3.8, 4) is 0 Å². The van der Waals surface area contributed by atoms with Crippen LogP contribution in [0, 0.1) is 5.92 Å². The summed E-state index contributed by atoms with van der Waals surface area (Å²) in [6.45, 7) is 7.57. The van der Waals surface area contributed by atoms with Crippen LogP contribution in [-0.4, -0.2) is 47.0 Å². The molecule has 22 heavy (non-hydrogen) atoms. The molecule has 2 fully saturated rings. The summed E-state index contributed by atoms with van der Waals surface area (Å²) >= 11 is 0. The molecule has 2 aliphatic heterocycles. The summed E-state index contributed by atoms with van der Waals surface area (Å²) in [6, 6.07) is -0.520. The molecule has 2 saturated heterocycles. The smallest absolute Gasteiger partial charge is 0.410 e. The lowest BCUT2D eigenvalue weighted by Gasteiger charge is -2.47. The van der Waals surface area contributed by atoms with Crippen molar-refractivity contribution in [1.29, 1.82) is 0 Å². The first-order valence-corrected chi connectivity index (χ1v) is 7.91. The van der Waals surface area contributed by atoms with Crippen LogP contribution in [0.1, 0.15) is 53.4 Å². The lowest BCUT2D eigenvalue weighted by atomic mass is 9.78. The number of esters is 1. The minimum atomic E-state index is -0.576. The molecule has 2 bridgehead atoms. The number of fused-ring (bicyclic) bond motifs is 2. The Morgan fingerprint density at radius 1 is 1.18 bits per heavy atom. The molecule has 6 heteroatoms. The van der Waals surface area contributed by atoms with E-state index in [9.17, 15) is 14.4 Å². The largest absolute Gasteiger partial charge is 0.466 e. The molecule has 0 aromatic heterocycles. The van der Waals surface area contributed by atoms with Crippen molar-refractivity contribution in [3.05, 3.63) is 0 Å². The number of carbonyl (C=O) groups is 3. The Morgan fingerprint density at radius 3 is 2.18 bits per heavy atom. The molecule has 0 aromatic carbocycles. The third kappa shape index (κ3) is 3.78. The number of Topliss-reactive ketones (excluding diaryl/α,β-unsaturated/α-hetero) is 1. The maximum Gasteiger partial charge on any atom is 0.410 e. The number of ether oxygens (including phenoxy) is 2. The van der Waals surface area contributed by atoms with Gasteiger partial charge in [0.25, 0.3) is 0 Å². The van der Waals surface area contributed by atoms with Gasteiger partial charge in [-0.3, -0.25) is 9.59 Å². The third-order valence-corrected chi connectivity index (χ3v) is 4.05. The zero-order valence-electron chi connectivity index (χ0n) is 13.8. The second-order valence-corrected chi connectivity index (χ2v) is 7.06. The van der Waals surface area contributed by atoms with Crippen molar-refractivity contribution in [2.75, 3.05) is 6.61 Å². The molecule has 0 spiro atoms. The van der Waals surface area contributed by atoms with Gasteiger partial charge in [-0.05, 0) is 40.5 Å². The fraction of sp³-hybridized carbons (Fsp3) is 0.812. The van der Waals surface area contributed by atoms with E-state index in [2.05, 4.69) is 0 Å². The zero-order valence-corrected chi connectivity index (χ0v) is 13.8. The van der Waals surface area contributed by atoms with Gasteiger partial charge in [0.1, 0.15) is 11.4 Å². The van der Waals surface area contributed by atoms with Gasteiger partial charge in [0.2, 0.25) is 0 Å². The van der Waals surface area contributed by atoms with Crippen LogP contribution < -0.4 is 0 Å². The van der Waals surface area contributed by atoms with E-state index in [0.29, 0.717) is 32.3 Å². The Hall–Kier alpha value is -1.59. The first kappa shape index (κ1) is 16.8. The van der Waals surface area contributed by atoms with Crippen molar-refractivity contribution in [3.63, 3.8) is 0 Å². The van der Waals surface area contributed by atoms with E-state index in [0.717, 1.165) is 0 Å². The molecule has 2 aliphatic rings. The molecule has 0 aromatic rings. The fourth-order valence-corrected chi connectivity index (χ4v) is 3.32. The number of rotatable bonds is 2. The lowest BCUT2D eigenvalue weighted by Crippen LogP contribution is -2.58. The van der Waals surface area contributed by atoms with Gasteiger partial charge >= 0.3 is 12.1 Å². The Bertz CT molecular complexity index is 450. The SMILES string of the molecule is CCOC(=O)C1CC2CC(=O)C[C@@H](C1)N2C(=O)OC(C)(C)C. The summed E-state index contributed by atoms with van der Waals surface area (Å²) < 4.78 is 10.5. The number of piperidine rings is 2. The molecule has 0 aliphatic carbocycles. The van der Waals surface area contributed by atoms with E-state index < -0.39 is 11.7 Å². The highest BCUT2D eigenvalue weighted by atomic mass is 16.6. The normalized spacial score (nSPS) is 28.3. The average molecular weight is 311 g/mol. The Balaban J connectivity index is 2.12. The van der Waals surface area contributed by atoms with Crippen LogP contribution in [0.5, 0.6) is 0 Å². The quantitative estimate of drug-likeness (QED) is 0.732. The van der Waals surface area contributed by atoms with Crippen LogP contribution in [-0.2, 0) is 19.1 Å². The zero-order chi connectivity index (χ0) is 16.5. The molecule has 124 valence electrons. The van der Waals surface area contributed by atoms with Crippen molar-refractivity contribution < 1.29 is 23.9 Å². The molecule has 1 amide bonds. The average Bonchev–Trinajstić information content (AvgIpc) is 2.34. The number of carbonyl (C=O) groups excluding carboxylic acids is 3. The number of amides is 1. The van der Waals surface area contributed by atoms with Crippen molar-refractivity contribution in [1.82, 2.24) is 4.90 Å². The van der Waals surface area contributed by atoms with E-state index in [1.807, 2.05) is 20.8 Å². The number of nitrogens with zero attached hydrogens (tertiary/aromatic N) is 1. The first-order chi connectivity index (χ1) is 10.2. The predicted molar refractivity (Wildman–Crippen MR) is 79.2 cm³/mol. The van der Waals surface area contributed by atoms with Crippen LogP contribution in [0.4, 0.5) is 4.79 Å². The molecule has 2 heterocycles. The van der Waals surface area contributed by atoms with Crippen LogP contribution in [0.3, 0.4) is 0 Å². The summed E-state index contributed by atoms with van der Waals surface area (Å²) in [4.78, 5) is 37.9. The van der Waals surface area contributed by atoms with Crippen LogP contribution >= 0.6 is 0 Å². The predicted octanol–water partition coefficient (Wildman–Crippen LogP) is 2.30. The second kappa shape index (κ2) is 6.26. The molecular weight excluding hydrogens is 286 g/mol. The first-order valence-electron chi connectivity index (χ1n) is 7.91. The Morgan fingerprint density at radius 2 is 1.73 bits per heavy atom. The maximum absolute atomic E-state index is 12.4. The fourth-order valence-electron chi connectivity index (χ4n) is 3.32. The summed E-state index contributed by atoms with van der Waals surface area (Å²) in [7, 11) is 0. The molecule has 0 radical (unpaired) electrons. The van der Waals surface area contributed by atoms with Gasteiger partial charge in [0.15, 0.2) is 0 Å². The highest BCUT2D eigenvalue weighted by molar-refractivity contribution is 5.84. The molecule has 2 unspecified atom stereocenters. The lowest BCUT2D eigenvalue weighted by molar-refractivity contribution is -0.153. The van der Waals surface area contributed by atoms with Crippen molar-refractivity contribution in [2.45, 2.75) is 71.1 Å². The van der Waals surface area contributed by atoms with Crippen LogP contribution in [0.25, 0.3) is 0 Å². The second-order valence-electron chi connectivity index (χ2n) is 7.06. The minimum absolute atomic E-state index is 0.150. The van der Waals surface area contributed by atoms with E-state index >= 15 is 0 Å². The minimum Gasteiger partial charge on any atom is -0.466 e. The molecule has 2 rings (SSSR count). The van der Waals surface area contributed by atoms with E-state index in [1.165, 1.54) is 0 Å². The number of hydrogen-bond donors (Lipinski definition) is 0. The van der Waals surface area contributed by atoms with E-state index in [4.69, 9.17) is 9.47 Å². The van der Waals surface area contributed by atoms with Gasteiger partial charge in [0, 0.05) is 24.9 Å². The summed E-state index contributed by atoms with van der Waals surface area (Å²) in [6.07, 6.45) is 1.15. The van der Waals surface area contributed by atoms with Gasteiger partial charge in [-0.15, -0.1) is 0 Å². The molecule has 6 nitrogen and oxygen atoms in total. The van der Waals surface area contributed by atoms with Gasteiger partial charge < -0.3 is 14.4 Å². The summed E-state index contributed by atoms with van der Waals surface area (Å²) in [5, 5.41) is 0. The standard InChI is InChI=1S/C16H25NO5/c1-5-21-14(19)10-6-11-8-13(18)9-12(7-10)17(11)15(20)22-16(2,3)4/h10-12H,5-9H2,1-4H3/t10?,11-,12?/m1/s1. The molecule has 0 saturated carbocycles. The van der Waals surface area contributed by atoms with Gasteiger partial charge in [0.05, 0.1) is 12.5 Å². The Kier molecular flexibility index (Phi) is 4.78. The van der Waals surface area contributed by atoms with E-state index in [-0.39, 0.29) is 29.8 Å². The maximum atomic E-state index is 12.4. The monoisotopic (exact) mass is 311 g/mol. The summed E-state index contributed by atoms with van der Waals surface area (Å²) in [5.41, 5.74) is -0.576. The third-order valence-electron chi connectivity index (χ3n) is 4.05. The van der Waals surface area contributed by atoms with Crippen LogP contribution in [0.15, 0.2) is 0 Å². The molecule has 0 N–H and O–H groups in total. The summed E-state index contributed by atoms with van der Waals surface area (Å²) in [5.74, 6) is -0.311. The van der Waals surface area contributed by atoms with E-state index in [1.54, 1.807) is 11.8 Å². The van der Waals surface area contributed by atoms with Crippen molar-refractivity contribution in [2.24, 2.45) is 5.92 Å². The van der Waals surface area contributed by atoms with Gasteiger partial charge in [-0.1, -0.05) is 0 Å². The highest BCUT2D eigenvalue weighted by Gasteiger charge is 2.47. The van der Waals surface area contributed by atoms with Crippen LogP contribution in [0.2, 0.25) is 0 Å².